The van der Waals surface area contributed by atoms with Crippen LogP contribution in [0.15, 0.2) is 5.38 Å². The molecule has 0 radical (unpaired) electrons. The molecule has 1 aliphatic rings. The second-order valence-corrected chi connectivity index (χ2v) is 4.73. The second-order valence-electron chi connectivity index (χ2n) is 3.76. The van der Waals surface area contributed by atoms with E-state index in [0.717, 1.165) is 13.0 Å². The molecule has 1 aromatic heterocycles. The molecular formula is C11H17NS. The maximum atomic E-state index is 5.52. The van der Waals surface area contributed by atoms with Gasteiger partial charge in [0.1, 0.15) is 0 Å². The van der Waals surface area contributed by atoms with E-state index in [1.807, 2.05) is 11.3 Å². The lowest BCUT2D eigenvalue weighted by Crippen LogP contribution is -2.04. The summed E-state index contributed by atoms with van der Waals surface area (Å²) in [5.74, 6) is 0. The molecular weight excluding hydrogens is 178 g/mol. The van der Waals surface area contributed by atoms with Crippen molar-refractivity contribution in [2.24, 2.45) is 5.73 Å². The highest BCUT2D eigenvalue weighted by Crippen LogP contribution is 2.30. The van der Waals surface area contributed by atoms with Gasteiger partial charge < -0.3 is 5.73 Å². The zero-order valence-electron chi connectivity index (χ0n) is 8.01. The monoisotopic (exact) mass is 195 g/mol. The molecule has 72 valence electrons. The number of thiophene rings is 1. The van der Waals surface area contributed by atoms with Crippen LogP contribution in [-0.2, 0) is 19.3 Å². The Morgan fingerprint density at radius 1 is 1.31 bits per heavy atom. The lowest BCUT2D eigenvalue weighted by atomic mass is 9.94. The largest absolute Gasteiger partial charge is 0.330 e. The molecule has 0 aliphatic heterocycles. The van der Waals surface area contributed by atoms with E-state index in [0.29, 0.717) is 0 Å². The summed E-state index contributed by atoms with van der Waals surface area (Å²) in [4.78, 5) is 1.65. The van der Waals surface area contributed by atoms with Crippen molar-refractivity contribution in [2.45, 2.75) is 38.5 Å². The zero-order valence-corrected chi connectivity index (χ0v) is 8.83. The molecule has 0 bridgehead atoms. The second kappa shape index (κ2) is 4.25. The molecule has 0 amide bonds. The van der Waals surface area contributed by atoms with Crippen LogP contribution in [0.4, 0.5) is 0 Å². The van der Waals surface area contributed by atoms with E-state index in [1.54, 1.807) is 16.0 Å². The van der Waals surface area contributed by atoms with Crippen molar-refractivity contribution in [3.8, 4) is 0 Å². The van der Waals surface area contributed by atoms with E-state index in [-0.39, 0.29) is 0 Å². The highest BCUT2D eigenvalue weighted by molar-refractivity contribution is 7.10. The molecule has 1 aliphatic carbocycles. The molecule has 0 saturated carbocycles. The highest BCUT2D eigenvalue weighted by Gasteiger charge is 2.14. The van der Waals surface area contributed by atoms with Crippen LogP contribution >= 0.6 is 11.3 Å². The maximum absolute atomic E-state index is 5.52. The number of aryl methyl sites for hydroxylation is 2. The van der Waals surface area contributed by atoms with Gasteiger partial charge in [0, 0.05) is 4.88 Å². The van der Waals surface area contributed by atoms with Gasteiger partial charge in [0.15, 0.2) is 0 Å². The van der Waals surface area contributed by atoms with Gasteiger partial charge in [-0.25, -0.2) is 0 Å². The molecule has 0 aromatic carbocycles. The minimum atomic E-state index is 0.824. The quantitative estimate of drug-likeness (QED) is 0.788. The summed E-state index contributed by atoms with van der Waals surface area (Å²) in [6.07, 6.45) is 7.76. The van der Waals surface area contributed by atoms with Crippen LogP contribution < -0.4 is 5.73 Å². The lowest BCUT2D eigenvalue weighted by Gasteiger charge is -2.12. The fraction of sp³-hybridized carbons (Fsp3) is 0.636. The SMILES string of the molecule is NCCCc1csc2c1CCCC2. The molecule has 13 heavy (non-hydrogen) atoms. The van der Waals surface area contributed by atoms with Crippen molar-refractivity contribution in [1.82, 2.24) is 0 Å². The number of rotatable bonds is 3. The average molecular weight is 195 g/mol. The van der Waals surface area contributed by atoms with Crippen LogP contribution in [0.5, 0.6) is 0 Å². The summed E-state index contributed by atoms with van der Waals surface area (Å²) in [5, 5.41) is 2.35. The lowest BCUT2D eigenvalue weighted by molar-refractivity contribution is 0.687. The zero-order chi connectivity index (χ0) is 9.10. The maximum Gasteiger partial charge on any atom is 0.00800 e. The molecule has 2 heteroatoms. The summed E-state index contributed by atoms with van der Waals surface area (Å²) >= 11 is 1.96. The first-order valence-electron chi connectivity index (χ1n) is 5.20. The Morgan fingerprint density at radius 3 is 3.00 bits per heavy atom. The summed E-state index contributed by atoms with van der Waals surface area (Å²) in [6, 6.07) is 0. The molecule has 0 fully saturated rings. The van der Waals surface area contributed by atoms with Crippen LogP contribution in [0.25, 0.3) is 0 Å². The van der Waals surface area contributed by atoms with E-state index in [1.165, 1.54) is 32.1 Å². The number of fused-ring (bicyclic) bond motifs is 1. The minimum Gasteiger partial charge on any atom is -0.330 e. The van der Waals surface area contributed by atoms with Gasteiger partial charge in [-0.3, -0.25) is 0 Å². The fourth-order valence-electron chi connectivity index (χ4n) is 2.06. The third-order valence-electron chi connectivity index (χ3n) is 2.80. The van der Waals surface area contributed by atoms with Gasteiger partial charge in [0.05, 0.1) is 0 Å². The molecule has 1 heterocycles. The first-order chi connectivity index (χ1) is 6.42. The summed E-state index contributed by atoms with van der Waals surface area (Å²) in [5.41, 5.74) is 8.78. The van der Waals surface area contributed by atoms with Crippen molar-refractivity contribution >= 4 is 11.3 Å². The van der Waals surface area contributed by atoms with Crippen molar-refractivity contribution in [3.05, 3.63) is 21.4 Å². The molecule has 2 rings (SSSR count). The summed E-state index contributed by atoms with van der Waals surface area (Å²) < 4.78 is 0. The Kier molecular flexibility index (Phi) is 3.01. The Balaban J connectivity index is 2.12. The number of hydrogen-bond donors (Lipinski definition) is 1. The predicted octanol–water partition coefficient (Wildman–Crippen LogP) is 2.52. The van der Waals surface area contributed by atoms with Crippen molar-refractivity contribution < 1.29 is 0 Å². The van der Waals surface area contributed by atoms with Crippen LogP contribution in [0.2, 0.25) is 0 Å². The van der Waals surface area contributed by atoms with E-state index in [4.69, 9.17) is 5.73 Å². The van der Waals surface area contributed by atoms with E-state index in [9.17, 15) is 0 Å². The molecule has 0 spiro atoms. The Labute approximate surface area is 84.0 Å². The van der Waals surface area contributed by atoms with Gasteiger partial charge in [-0.1, -0.05) is 0 Å². The van der Waals surface area contributed by atoms with Crippen molar-refractivity contribution in [2.75, 3.05) is 6.54 Å². The predicted molar refractivity (Wildman–Crippen MR) is 58.3 cm³/mol. The van der Waals surface area contributed by atoms with E-state index < -0.39 is 0 Å². The third kappa shape index (κ3) is 1.94. The van der Waals surface area contributed by atoms with Crippen LogP contribution in [0, 0.1) is 0 Å². The van der Waals surface area contributed by atoms with Gasteiger partial charge >= 0.3 is 0 Å². The minimum absolute atomic E-state index is 0.824. The summed E-state index contributed by atoms with van der Waals surface area (Å²) in [7, 11) is 0. The van der Waals surface area contributed by atoms with Crippen LogP contribution in [0.1, 0.15) is 35.3 Å². The highest BCUT2D eigenvalue weighted by atomic mass is 32.1. The first kappa shape index (κ1) is 9.22. The van der Waals surface area contributed by atoms with E-state index >= 15 is 0 Å². The Hall–Kier alpha value is -0.340. The summed E-state index contributed by atoms with van der Waals surface area (Å²) in [6.45, 7) is 0.824. The average Bonchev–Trinajstić information content (AvgIpc) is 2.58. The smallest absolute Gasteiger partial charge is 0.00800 e. The van der Waals surface area contributed by atoms with Crippen LogP contribution in [-0.4, -0.2) is 6.54 Å². The van der Waals surface area contributed by atoms with Gasteiger partial charge in [-0.2, -0.15) is 0 Å². The van der Waals surface area contributed by atoms with Gasteiger partial charge in [0.2, 0.25) is 0 Å². The fourth-order valence-corrected chi connectivity index (χ4v) is 3.25. The normalized spacial score (nSPS) is 15.8. The number of hydrogen-bond acceptors (Lipinski definition) is 2. The molecule has 0 atom stereocenters. The van der Waals surface area contributed by atoms with Gasteiger partial charge in [-0.15, -0.1) is 11.3 Å². The Bertz CT molecular complexity index is 278. The number of nitrogens with two attached hydrogens (primary N) is 1. The molecule has 1 nitrogen and oxygen atoms in total. The molecule has 0 saturated heterocycles. The molecule has 2 N–H and O–H groups in total. The van der Waals surface area contributed by atoms with E-state index in [2.05, 4.69) is 5.38 Å². The van der Waals surface area contributed by atoms with Crippen LogP contribution in [0.3, 0.4) is 0 Å². The van der Waals surface area contributed by atoms with Gasteiger partial charge in [-0.05, 0) is 61.6 Å². The standard InChI is InChI=1S/C11H17NS/c12-7-3-4-9-8-13-11-6-2-1-5-10(9)11/h8H,1-7,12H2. The third-order valence-corrected chi connectivity index (χ3v) is 3.94. The first-order valence-corrected chi connectivity index (χ1v) is 6.08. The molecule has 1 aromatic rings. The Morgan fingerprint density at radius 2 is 2.15 bits per heavy atom. The topological polar surface area (TPSA) is 26.0 Å². The molecule has 0 unspecified atom stereocenters. The van der Waals surface area contributed by atoms with Crippen molar-refractivity contribution in [3.63, 3.8) is 0 Å². The van der Waals surface area contributed by atoms with Gasteiger partial charge in [0.25, 0.3) is 0 Å². The van der Waals surface area contributed by atoms with Crippen molar-refractivity contribution in [1.29, 1.82) is 0 Å².